The fourth-order valence-electron chi connectivity index (χ4n) is 2.00. The predicted molar refractivity (Wildman–Crippen MR) is 84.7 cm³/mol. The van der Waals surface area contributed by atoms with E-state index in [1.807, 2.05) is 30.9 Å². The highest BCUT2D eigenvalue weighted by Crippen LogP contribution is 2.25. The molecule has 0 unspecified atom stereocenters. The third kappa shape index (κ3) is 3.86. The van der Waals surface area contributed by atoms with E-state index in [-0.39, 0.29) is 0 Å². The largest absolute Gasteiger partial charge is 0.316 e. The molecule has 0 aromatic heterocycles. The molecular formula is C17H18N2S. The topological polar surface area (TPSA) is 35.8 Å². The minimum atomic E-state index is 0.729. The fraction of sp³-hybridized carbons (Fsp3) is 0.235. The first-order valence-electron chi connectivity index (χ1n) is 6.59. The summed E-state index contributed by atoms with van der Waals surface area (Å²) >= 11 is 1.82. The summed E-state index contributed by atoms with van der Waals surface area (Å²) in [6.45, 7) is 2.96. The van der Waals surface area contributed by atoms with E-state index in [9.17, 15) is 0 Å². The van der Waals surface area contributed by atoms with Crippen LogP contribution in [0.15, 0.2) is 47.4 Å². The number of rotatable bonds is 5. The molecule has 1 N–H and O–H groups in total. The van der Waals surface area contributed by atoms with Gasteiger partial charge in [-0.05, 0) is 54.9 Å². The van der Waals surface area contributed by atoms with E-state index in [1.54, 1.807) is 0 Å². The highest BCUT2D eigenvalue weighted by Gasteiger charge is 2.02. The van der Waals surface area contributed by atoms with Crippen LogP contribution in [0.5, 0.6) is 0 Å². The van der Waals surface area contributed by atoms with Crippen LogP contribution in [-0.2, 0) is 12.3 Å². The first kappa shape index (κ1) is 14.6. The summed E-state index contributed by atoms with van der Waals surface area (Å²) in [4.78, 5) is 1.27. The molecule has 0 aliphatic heterocycles. The molecule has 0 spiro atoms. The summed E-state index contributed by atoms with van der Waals surface area (Å²) in [6, 6.07) is 16.7. The molecule has 2 aromatic rings. The first-order valence-corrected chi connectivity index (χ1v) is 7.57. The number of hydrogen-bond donors (Lipinski definition) is 1. The summed E-state index contributed by atoms with van der Waals surface area (Å²) in [6.07, 6.45) is 0. The van der Waals surface area contributed by atoms with Crippen molar-refractivity contribution in [1.82, 2.24) is 5.32 Å². The van der Waals surface area contributed by atoms with Crippen molar-refractivity contribution in [2.45, 2.75) is 24.1 Å². The van der Waals surface area contributed by atoms with Crippen molar-refractivity contribution < 1.29 is 0 Å². The van der Waals surface area contributed by atoms with Crippen molar-refractivity contribution in [3.8, 4) is 6.07 Å². The lowest BCUT2D eigenvalue weighted by atomic mass is 10.1. The van der Waals surface area contributed by atoms with Gasteiger partial charge in [-0.3, -0.25) is 0 Å². The lowest BCUT2D eigenvalue weighted by molar-refractivity contribution is 0.817. The number of nitrogens with one attached hydrogen (secondary N) is 1. The van der Waals surface area contributed by atoms with Crippen molar-refractivity contribution in [1.29, 1.82) is 5.26 Å². The summed E-state index contributed by atoms with van der Waals surface area (Å²) in [5, 5.41) is 12.0. The smallest absolute Gasteiger partial charge is 0.0991 e. The molecule has 0 amide bonds. The minimum Gasteiger partial charge on any atom is -0.316 e. The second kappa shape index (κ2) is 7.14. The van der Waals surface area contributed by atoms with Gasteiger partial charge in [-0.1, -0.05) is 18.2 Å². The Morgan fingerprint density at radius 2 is 1.90 bits per heavy atom. The second-order valence-corrected chi connectivity index (χ2v) is 5.76. The predicted octanol–water partition coefficient (Wildman–Crippen LogP) is 3.88. The van der Waals surface area contributed by atoms with Crippen molar-refractivity contribution >= 4 is 11.8 Å². The molecule has 0 radical (unpaired) electrons. The Hall–Kier alpha value is -1.76. The summed E-state index contributed by atoms with van der Waals surface area (Å²) in [5.41, 5.74) is 4.50. The molecule has 2 nitrogen and oxygen atoms in total. The third-order valence-electron chi connectivity index (χ3n) is 3.17. The number of hydrogen-bond acceptors (Lipinski definition) is 3. The van der Waals surface area contributed by atoms with E-state index in [0.717, 1.165) is 17.9 Å². The summed E-state index contributed by atoms with van der Waals surface area (Å²) in [7, 11) is 1.95. The molecule has 0 bridgehead atoms. The third-order valence-corrected chi connectivity index (χ3v) is 4.23. The SMILES string of the molecule is CNCc1ccc(SCc2ccc(C#N)cc2C)cc1. The molecule has 2 aromatic carbocycles. The Morgan fingerprint density at radius 3 is 2.50 bits per heavy atom. The van der Waals surface area contributed by atoms with Gasteiger partial charge in [-0.2, -0.15) is 5.26 Å². The van der Waals surface area contributed by atoms with Gasteiger partial charge in [0.15, 0.2) is 0 Å². The molecule has 0 saturated heterocycles. The molecular weight excluding hydrogens is 264 g/mol. The Kier molecular flexibility index (Phi) is 5.23. The molecule has 3 heteroatoms. The zero-order chi connectivity index (χ0) is 14.4. The molecule has 102 valence electrons. The van der Waals surface area contributed by atoms with Gasteiger partial charge in [0, 0.05) is 17.2 Å². The molecule has 0 fully saturated rings. The van der Waals surface area contributed by atoms with Gasteiger partial charge in [0.25, 0.3) is 0 Å². The fourth-order valence-corrected chi connectivity index (χ4v) is 2.97. The van der Waals surface area contributed by atoms with Crippen LogP contribution in [0.3, 0.4) is 0 Å². The first-order chi connectivity index (χ1) is 9.72. The Labute approximate surface area is 124 Å². The normalized spacial score (nSPS) is 10.2. The van der Waals surface area contributed by atoms with Crippen LogP contribution in [0.2, 0.25) is 0 Å². The molecule has 20 heavy (non-hydrogen) atoms. The van der Waals surface area contributed by atoms with E-state index in [4.69, 9.17) is 5.26 Å². The Balaban J connectivity index is 2.00. The van der Waals surface area contributed by atoms with E-state index in [0.29, 0.717) is 0 Å². The Morgan fingerprint density at radius 1 is 1.15 bits per heavy atom. The van der Waals surface area contributed by atoms with E-state index < -0.39 is 0 Å². The molecule has 0 heterocycles. The highest BCUT2D eigenvalue weighted by molar-refractivity contribution is 7.98. The van der Waals surface area contributed by atoms with Crippen LogP contribution in [0.25, 0.3) is 0 Å². The van der Waals surface area contributed by atoms with Crippen molar-refractivity contribution in [3.63, 3.8) is 0 Å². The van der Waals surface area contributed by atoms with Gasteiger partial charge in [0.2, 0.25) is 0 Å². The van der Waals surface area contributed by atoms with Crippen LogP contribution >= 0.6 is 11.8 Å². The van der Waals surface area contributed by atoms with Crippen molar-refractivity contribution in [2.24, 2.45) is 0 Å². The average Bonchev–Trinajstić information content (AvgIpc) is 2.48. The molecule has 0 aliphatic rings. The standard InChI is InChI=1S/C17H18N2S/c1-13-9-15(10-18)3-6-16(13)12-20-17-7-4-14(5-8-17)11-19-2/h3-9,19H,11-12H2,1-2H3. The van der Waals surface area contributed by atoms with E-state index in [2.05, 4.69) is 48.6 Å². The molecule has 0 atom stereocenters. The van der Waals surface area contributed by atoms with Gasteiger partial charge in [0.05, 0.1) is 11.6 Å². The average molecular weight is 282 g/mol. The van der Waals surface area contributed by atoms with Crippen LogP contribution in [0.1, 0.15) is 22.3 Å². The van der Waals surface area contributed by atoms with Gasteiger partial charge in [0.1, 0.15) is 0 Å². The lowest BCUT2D eigenvalue weighted by Gasteiger charge is -2.07. The van der Waals surface area contributed by atoms with Gasteiger partial charge in [-0.25, -0.2) is 0 Å². The lowest BCUT2D eigenvalue weighted by Crippen LogP contribution is -2.04. The minimum absolute atomic E-state index is 0.729. The second-order valence-electron chi connectivity index (χ2n) is 4.72. The highest BCUT2D eigenvalue weighted by atomic mass is 32.2. The van der Waals surface area contributed by atoms with Crippen LogP contribution in [0.4, 0.5) is 0 Å². The maximum atomic E-state index is 8.87. The van der Waals surface area contributed by atoms with Crippen LogP contribution in [-0.4, -0.2) is 7.05 Å². The van der Waals surface area contributed by atoms with Gasteiger partial charge < -0.3 is 5.32 Å². The Bertz CT molecular complexity index is 612. The number of nitrogens with zero attached hydrogens (tertiary/aromatic N) is 1. The number of nitriles is 1. The zero-order valence-electron chi connectivity index (χ0n) is 11.8. The van der Waals surface area contributed by atoms with Gasteiger partial charge in [-0.15, -0.1) is 11.8 Å². The van der Waals surface area contributed by atoms with Crippen molar-refractivity contribution in [2.75, 3.05) is 7.05 Å². The molecule has 0 saturated carbocycles. The number of aryl methyl sites for hydroxylation is 1. The maximum Gasteiger partial charge on any atom is 0.0991 e. The van der Waals surface area contributed by atoms with Crippen molar-refractivity contribution in [3.05, 3.63) is 64.7 Å². The summed E-state index contributed by atoms with van der Waals surface area (Å²) < 4.78 is 0. The van der Waals surface area contributed by atoms with Crippen LogP contribution in [0, 0.1) is 18.3 Å². The van der Waals surface area contributed by atoms with Gasteiger partial charge >= 0.3 is 0 Å². The monoisotopic (exact) mass is 282 g/mol. The molecule has 2 rings (SSSR count). The molecule has 0 aliphatic carbocycles. The quantitative estimate of drug-likeness (QED) is 0.845. The van der Waals surface area contributed by atoms with E-state index >= 15 is 0 Å². The van der Waals surface area contributed by atoms with E-state index in [1.165, 1.54) is 21.6 Å². The van der Waals surface area contributed by atoms with Crippen LogP contribution < -0.4 is 5.32 Å². The zero-order valence-corrected chi connectivity index (χ0v) is 12.6. The number of thioether (sulfide) groups is 1. The summed E-state index contributed by atoms with van der Waals surface area (Å²) in [5.74, 6) is 0.933. The maximum absolute atomic E-state index is 8.87. The number of benzene rings is 2.